The lowest BCUT2D eigenvalue weighted by atomic mass is 10.2. The maximum atomic E-state index is 12.0. The Kier molecular flexibility index (Phi) is 8.55. The molecular weight excluding hydrogens is 596 g/mol. The van der Waals surface area contributed by atoms with Crippen LogP contribution in [-0.4, -0.2) is 58.3 Å². The van der Waals surface area contributed by atoms with Gasteiger partial charge in [0.1, 0.15) is 34.6 Å². The van der Waals surface area contributed by atoms with E-state index in [0.717, 1.165) is 27.7 Å². The summed E-state index contributed by atoms with van der Waals surface area (Å²) in [5, 5.41) is 4.27. The lowest BCUT2D eigenvalue weighted by Gasteiger charge is -2.16. The predicted molar refractivity (Wildman–Crippen MR) is 165 cm³/mol. The van der Waals surface area contributed by atoms with Crippen molar-refractivity contribution in [2.75, 3.05) is 12.4 Å². The molecule has 0 atom stereocenters. The zero-order chi connectivity index (χ0) is 30.1. The molecule has 0 aliphatic heterocycles. The number of imidazole rings is 1. The van der Waals surface area contributed by atoms with Crippen LogP contribution in [0.2, 0.25) is 30.7 Å². The van der Waals surface area contributed by atoms with E-state index in [9.17, 15) is 8.42 Å². The van der Waals surface area contributed by atoms with E-state index >= 15 is 0 Å². The SMILES string of the molecule is CCCS(=O)(=O)On1cc(-c2cnc3ccc(Oc4ccc5nc(C)n(COCC[Si](C)(C)C)c5c4)c(Cl)c3n2)cn1. The van der Waals surface area contributed by atoms with E-state index in [1.165, 1.54) is 12.4 Å². The Morgan fingerprint density at radius 3 is 2.60 bits per heavy atom. The number of rotatable bonds is 12. The predicted octanol–water partition coefficient (Wildman–Crippen LogP) is 6.08. The van der Waals surface area contributed by atoms with Crippen molar-refractivity contribution >= 4 is 51.9 Å². The molecule has 0 fully saturated rings. The van der Waals surface area contributed by atoms with Crippen LogP contribution >= 0.6 is 11.6 Å². The normalized spacial score (nSPS) is 12.3. The van der Waals surface area contributed by atoms with E-state index in [2.05, 4.69) is 39.7 Å². The van der Waals surface area contributed by atoms with Gasteiger partial charge in [0, 0.05) is 26.3 Å². The molecule has 2 aromatic carbocycles. The molecule has 0 amide bonds. The molecule has 0 aliphatic carbocycles. The highest BCUT2D eigenvalue weighted by atomic mass is 35.5. The maximum absolute atomic E-state index is 12.0. The summed E-state index contributed by atoms with van der Waals surface area (Å²) >= 11 is 6.77. The van der Waals surface area contributed by atoms with Crippen LogP contribution in [0.3, 0.4) is 0 Å². The van der Waals surface area contributed by atoms with E-state index in [0.29, 0.717) is 53.5 Å². The van der Waals surface area contributed by atoms with Crippen LogP contribution in [0.1, 0.15) is 19.2 Å². The molecule has 5 aromatic rings. The van der Waals surface area contributed by atoms with Crippen LogP contribution in [0.5, 0.6) is 11.5 Å². The summed E-state index contributed by atoms with van der Waals surface area (Å²) in [6.07, 6.45) is 4.86. The first-order valence-corrected chi connectivity index (χ1v) is 19.2. The lowest BCUT2D eigenvalue weighted by Crippen LogP contribution is -2.22. The third-order valence-corrected chi connectivity index (χ3v) is 9.83. The van der Waals surface area contributed by atoms with Crippen molar-refractivity contribution in [1.82, 2.24) is 29.5 Å². The highest BCUT2D eigenvalue weighted by Gasteiger charge is 2.17. The summed E-state index contributed by atoms with van der Waals surface area (Å²) in [5.41, 5.74) is 3.71. The Hall–Kier alpha value is -3.52. The van der Waals surface area contributed by atoms with Crippen molar-refractivity contribution in [2.45, 2.75) is 52.7 Å². The Morgan fingerprint density at radius 1 is 1.05 bits per heavy atom. The molecule has 0 bridgehead atoms. The highest BCUT2D eigenvalue weighted by molar-refractivity contribution is 7.86. The molecule has 11 nitrogen and oxygen atoms in total. The van der Waals surface area contributed by atoms with E-state index in [1.807, 2.05) is 29.7 Å². The van der Waals surface area contributed by atoms with Gasteiger partial charge in [-0.15, -0.1) is 5.10 Å². The average Bonchev–Trinajstić information content (AvgIpc) is 3.50. The van der Waals surface area contributed by atoms with Gasteiger partial charge in [-0.1, -0.05) is 43.0 Å². The van der Waals surface area contributed by atoms with Gasteiger partial charge in [0.25, 0.3) is 0 Å². The Morgan fingerprint density at radius 2 is 1.83 bits per heavy atom. The number of hydrogen-bond acceptors (Lipinski definition) is 9. The molecule has 222 valence electrons. The van der Waals surface area contributed by atoms with Gasteiger partial charge in [-0.3, -0.25) is 9.27 Å². The quantitative estimate of drug-likeness (QED) is 0.119. The van der Waals surface area contributed by atoms with E-state index in [4.69, 9.17) is 25.4 Å². The summed E-state index contributed by atoms with van der Waals surface area (Å²) in [5.74, 6) is 1.74. The first kappa shape index (κ1) is 30.0. The smallest absolute Gasteiger partial charge is 0.328 e. The molecule has 0 radical (unpaired) electrons. The third-order valence-electron chi connectivity index (χ3n) is 6.47. The fraction of sp³-hybridized carbons (Fsp3) is 0.357. The van der Waals surface area contributed by atoms with E-state index < -0.39 is 18.2 Å². The molecule has 42 heavy (non-hydrogen) atoms. The third kappa shape index (κ3) is 6.92. The zero-order valence-electron chi connectivity index (χ0n) is 24.2. The van der Waals surface area contributed by atoms with Gasteiger partial charge in [0.05, 0.1) is 46.6 Å². The van der Waals surface area contributed by atoms with Gasteiger partial charge in [-0.05, 0) is 43.7 Å². The molecule has 0 aliphatic rings. The van der Waals surface area contributed by atoms with Crippen molar-refractivity contribution in [3.8, 4) is 22.8 Å². The van der Waals surface area contributed by atoms with Crippen LogP contribution in [0.4, 0.5) is 0 Å². The number of aromatic nitrogens is 6. The first-order valence-electron chi connectivity index (χ1n) is 13.6. The minimum absolute atomic E-state index is 0.113. The van der Waals surface area contributed by atoms with Gasteiger partial charge < -0.3 is 14.0 Å². The second-order valence-electron chi connectivity index (χ2n) is 11.2. The largest absolute Gasteiger partial charge is 0.456 e. The Bertz CT molecular complexity index is 1850. The van der Waals surface area contributed by atoms with E-state index in [1.54, 1.807) is 25.3 Å². The number of nitrogens with zero attached hydrogens (tertiary/aromatic N) is 6. The lowest BCUT2D eigenvalue weighted by molar-refractivity contribution is 0.0885. The summed E-state index contributed by atoms with van der Waals surface area (Å²) in [6, 6.07) is 10.3. The van der Waals surface area contributed by atoms with Crippen LogP contribution in [0.25, 0.3) is 33.3 Å². The molecule has 0 saturated heterocycles. The Labute approximate surface area is 250 Å². The number of fused-ring (bicyclic) bond motifs is 2. The van der Waals surface area contributed by atoms with Crippen molar-refractivity contribution in [1.29, 1.82) is 0 Å². The first-order chi connectivity index (χ1) is 19.9. The van der Waals surface area contributed by atoms with Crippen LogP contribution in [-0.2, 0) is 21.6 Å². The molecular formula is C28H33ClN6O5SSi. The van der Waals surface area contributed by atoms with Gasteiger partial charge >= 0.3 is 10.1 Å². The standard InChI is InChI=1S/C28H33ClN6O5SSi/c1-6-12-41(36,37)40-35-17-20(15-31-35)24-16-30-23-9-10-26(27(29)28(23)33-24)39-21-7-8-22-25(14-21)34(19(2)32-22)18-38-11-13-42(3,4)5/h7-10,14-17H,6,11-13,18H2,1-5H3. The fourth-order valence-corrected chi connectivity index (χ4v) is 6.12. The fourth-order valence-electron chi connectivity index (χ4n) is 4.24. The summed E-state index contributed by atoms with van der Waals surface area (Å²) in [7, 11) is -4.92. The molecule has 3 heterocycles. The average molecular weight is 629 g/mol. The molecule has 0 N–H and O–H groups in total. The topological polar surface area (TPSA) is 123 Å². The monoisotopic (exact) mass is 628 g/mol. The number of halogens is 1. The van der Waals surface area contributed by atoms with Crippen LogP contribution < -0.4 is 9.02 Å². The molecule has 14 heteroatoms. The molecule has 0 unspecified atom stereocenters. The van der Waals surface area contributed by atoms with E-state index in [-0.39, 0.29) is 10.8 Å². The van der Waals surface area contributed by atoms with Gasteiger partial charge in [0.2, 0.25) is 0 Å². The van der Waals surface area contributed by atoms with Gasteiger partial charge in [-0.2, -0.15) is 8.42 Å². The minimum Gasteiger partial charge on any atom is -0.456 e. The Balaban J connectivity index is 1.38. The number of aryl methyl sites for hydroxylation is 1. The maximum Gasteiger partial charge on any atom is 0.328 e. The second kappa shape index (κ2) is 12.0. The molecule has 3 aromatic heterocycles. The molecule has 0 spiro atoms. The number of benzene rings is 2. The van der Waals surface area contributed by atoms with Crippen molar-refractivity contribution in [3.63, 3.8) is 0 Å². The molecule has 5 rings (SSSR count). The highest BCUT2D eigenvalue weighted by Crippen LogP contribution is 2.36. The van der Waals surface area contributed by atoms with Crippen molar-refractivity contribution in [3.05, 3.63) is 59.8 Å². The summed E-state index contributed by atoms with van der Waals surface area (Å²) in [6.45, 7) is 11.8. The number of ether oxygens (including phenoxy) is 2. The van der Waals surface area contributed by atoms with Gasteiger partial charge in [-0.25, -0.2) is 9.97 Å². The molecule has 0 saturated carbocycles. The number of hydrogen-bond donors (Lipinski definition) is 0. The van der Waals surface area contributed by atoms with Crippen molar-refractivity contribution < 1.29 is 22.2 Å². The zero-order valence-corrected chi connectivity index (χ0v) is 26.7. The van der Waals surface area contributed by atoms with Gasteiger partial charge in [0.15, 0.2) is 0 Å². The summed E-state index contributed by atoms with van der Waals surface area (Å²) in [4.78, 5) is 14.7. The van der Waals surface area contributed by atoms with Crippen molar-refractivity contribution in [2.24, 2.45) is 0 Å². The van der Waals surface area contributed by atoms with Crippen LogP contribution in [0.15, 0.2) is 48.9 Å². The minimum atomic E-state index is -3.74. The summed E-state index contributed by atoms with van der Waals surface area (Å²) < 4.78 is 43.2. The second-order valence-corrected chi connectivity index (χ2v) is 18.8. The van der Waals surface area contributed by atoms with Crippen LogP contribution in [0, 0.1) is 6.92 Å².